The first-order chi connectivity index (χ1) is 9.83. The van der Waals surface area contributed by atoms with Crippen molar-refractivity contribution in [2.24, 2.45) is 0 Å². The number of fused-ring (bicyclic) bond motifs is 3. The molecular weight excluding hydrogens is 272 g/mol. The average Bonchev–Trinajstić information content (AvgIpc) is 3.07. The first-order valence-corrected chi connectivity index (χ1v) is 7.19. The van der Waals surface area contributed by atoms with E-state index in [9.17, 15) is 0 Å². The lowest BCUT2D eigenvalue weighted by Crippen LogP contribution is -2.15. The van der Waals surface area contributed by atoms with Crippen LogP contribution in [0.3, 0.4) is 0 Å². The van der Waals surface area contributed by atoms with E-state index < -0.39 is 0 Å². The molecule has 1 atom stereocenters. The Bertz CT molecular complexity index is 832. The van der Waals surface area contributed by atoms with Gasteiger partial charge in [-0.05, 0) is 31.1 Å². The van der Waals surface area contributed by atoms with E-state index in [1.54, 1.807) is 0 Å². The maximum absolute atomic E-state index is 5.75. The number of hydrogen-bond acceptors (Lipinski definition) is 4. The quantitative estimate of drug-likeness (QED) is 0.736. The van der Waals surface area contributed by atoms with Crippen LogP contribution in [-0.2, 0) is 11.3 Å². The Hall–Kier alpha value is -1.79. The van der Waals surface area contributed by atoms with E-state index in [1.807, 2.05) is 12.1 Å². The standard InChI is InChI=1S/C14H14N4OS/c20-14-15-13-12(16-17-14)10-5-1-2-6-11(10)18(13)8-9-4-3-7-19-9/h1-2,5-6,9H,3-4,7-8H2,(H,15,17,20). The monoisotopic (exact) mass is 286 g/mol. The minimum atomic E-state index is 0.258. The van der Waals surface area contributed by atoms with E-state index in [0.717, 1.165) is 48.1 Å². The minimum absolute atomic E-state index is 0.258. The van der Waals surface area contributed by atoms with E-state index in [4.69, 9.17) is 17.0 Å². The number of aromatic amines is 1. The molecule has 1 aliphatic heterocycles. The van der Waals surface area contributed by atoms with Crippen molar-refractivity contribution in [1.29, 1.82) is 0 Å². The first-order valence-electron chi connectivity index (χ1n) is 6.78. The van der Waals surface area contributed by atoms with Crippen LogP contribution >= 0.6 is 12.2 Å². The van der Waals surface area contributed by atoms with Gasteiger partial charge in [0.2, 0.25) is 4.77 Å². The summed E-state index contributed by atoms with van der Waals surface area (Å²) in [6.45, 7) is 1.66. The fourth-order valence-electron chi connectivity index (χ4n) is 2.90. The molecule has 0 saturated carbocycles. The van der Waals surface area contributed by atoms with Gasteiger partial charge in [-0.25, -0.2) is 0 Å². The molecule has 0 spiro atoms. The molecule has 3 heterocycles. The largest absolute Gasteiger partial charge is 0.376 e. The molecular formula is C14H14N4OS. The average molecular weight is 286 g/mol. The van der Waals surface area contributed by atoms with Gasteiger partial charge >= 0.3 is 0 Å². The molecule has 3 aromatic rings. The van der Waals surface area contributed by atoms with E-state index in [1.165, 1.54) is 0 Å². The van der Waals surface area contributed by atoms with Crippen molar-refractivity contribution < 1.29 is 4.74 Å². The number of hydrogen-bond donors (Lipinski definition) is 1. The topological polar surface area (TPSA) is 55.7 Å². The fraction of sp³-hybridized carbons (Fsp3) is 0.357. The number of benzene rings is 1. The maximum atomic E-state index is 5.75. The van der Waals surface area contributed by atoms with Crippen LogP contribution in [0.1, 0.15) is 12.8 Å². The van der Waals surface area contributed by atoms with Gasteiger partial charge in [0, 0.05) is 12.0 Å². The molecule has 0 radical (unpaired) electrons. The Labute approximate surface area is 120 Å². The van der Waals surface area contributed by atoms with Crippen LogP contribution in [0.25, 0.3) is 22.1 Å². The molecule has 1 aromatic carbocycles. The molecule has 6 heteroatoms. The van der Waals surface area contributed by atoms with Crippen molar-refractivity contribution in [1.82, 2.24) is 19.7 Å². The summed E-state index contributed by atoms with van der Waals surface area (Å²) in [5.41, 5.74) is 2.84. The predicted octanol–water partition coefficient (Wildman–Crippen LogP) is 2.82. The zero-order valence-electron chi connectivity index (χ0n) is 10.9. The van der Waals surface area contributed by atoms with Crippen LogP contribution in [-0.4, -0.2) is 32.5 Å². The van der Waals surface area contributed by atoms with Gasteiger partial charge in [0.25, 0.3) is 0 Å². The number of para-hydroxylation sites is 1. The molecule has 1 fully saturated rings. The summed E-state index contributed by atoms with van der Waals surface area (Å²) in [6, 6.07) is 8.21. The molecule has 5 nitrogen and oxygen atoms in total. The van der Waals surface area contributed by atoms with Gasteiger partial charge in [-0.1, -0.05) is 18.2 Å². The summed E-state index contributed by atoms with van der Waals surface area (Å²) in [6.07, 6.45) is 2.49. The van der Waals surface area contributed by atoms with Crippen LogP contribution in [0.2, 0.25) is 0 Å². The second kappa shape index (κ2) is 4.64. The van der Waals surface area contributed by atoms with Crippen LogP contribution in [0.4, 0.5) is 0 Å². The number of nitrogens with zero attached hydrogens (tertiary/aromatic N) is 3. The number of H-pyrrole nitrogens is 1. The van der Waals surface area contributed by atoms with Crippen molar-refractivity contribution >= 4 is 34.3 Å². The second-order valence-electron chi connectivity index (χ2n) is 5.08. The first kappa shape index (κ1) is 12.0. The van der Waals surface area contributed by atoms with E-state index in [-0.39, 0.29) is 6.10 Å². The number of rotatable bonds is 2. The Morgan fingerprint density at radius 1 is 1.40 bits per heavy atom. The predicted molar refractivity (Wildman–Crippen MR) is 79.2 cm³/mol. The van der Waals surface area contributed by atoms with Gasteiger partial charge in [-0.15, -0.1) is 0 Å². The third-order valence-corrected chi connectivity index (χ3v) is 3.98. The highest BCUT2D eigenvalue weighted by molar-refractivity contribution is 7.71. The molecule has 0 bridgehead atoms. The van der Waals surface area contributed by atoms with Crippen LogP contribution in [0, 0.1) is 4.77 Å². The molecule has 20 heavy (non-hydrogen) atoms. The lowest BCUT2D eigenvalue weighted by Gasteiger charge is -2.12. The lowest BCUT2D eigenvalue weighted by atomic mass is 10.2. The fourth-order valence-corrected chi connectivity index (χ4v) is 3.03. The highest BCUT2D eigenvalue weighted by atomic mass is 32.1. The second-order valence-corrected chi connectivity index (χ2v) is 5.46. The lowest BCUT2D eigenvalue weighted by molar-refractivity contribution is 0.0988. The normalized spacial score (nSPS) is 19.1. The van der Waals surface area contributed by atoms with Crippen molar-refractivity contribution in [3.63, 3.8) is 0 Å². The van der Waals surface area contributed by atoms with E-state index in [0.29, 0.717) is 4.77 Å². The van der Waals surface area contributed by atoms with Gasteiger partial charge in [-0.3, -0.25) is 5.10 Å². The number of nitrogens with one attached hydrogen (secondary N) is 1. The highest BCUT2D eigenvalue weighted by Gasteiger charge is 2.20. The zero-order valence-corrected chi connectivity index (χ0v) is 11.7. The summed E-state index contributed by atoms with van der Waals surface area (Å²) < 4.78 is 8.34. The maximum Gasteiger partial charge on any atom is 0.215 e. The van der Waals surface area contributed by atoms with Crippen molar-refractivity contribution in [3.8, 4) is 0 Å². The molecule has 2 aromatic heterocycles. The van der Waals surface area contributed by atoms with E-state index >= 15 is 0 Å². The molecule has 102 valence electrons. The summed E-state index contributed by atoms with van der Waals surface area (Å²) in [5, 5.41) is 8.23. The molecule has 1 saturated heterocycles. The molecule has 1 unspecified atom stereocenters. The molecule has 1 N–H and O–H groups in total. The zero-order chi connectivity index (χ0) is 13.5. The summed E-state index contributed by atoms with van der Waals surface area (Å²) in [4.78, 5) is 4.46. The summed E-state index contributed by atoms with van der Waals surface area (Å²) >= 11 is 5.11. The molecule has 0 aliphatic carbocycles. The van der Waals surface area contributed by atoms with Gasteiger partial charge < -0.3 is 9.30 Å². The summed E-state index contributed by atoms with van der Waals surface area (Å²) in [7, 11) is 0. The van der Waals surface area contributed by atoms with E-state index in [2.05, 4.69) is 31.9 Å². The third kappa shape index (κ3) is 1.83. The Morgan fingerprint density at radius 3 is 3.15 bits per heavy atom. The molecule has 4 rings (SSSR count). The summed E-state index contributed by atoms with van der Waals surface area (Å²) in [5.74, 6) is 0. The van der Waals surface area contributed by atoms with Crippen molar-refractivity contribution in [3.05, 3.63) is 29.0 Å². The third-order valence-electron chi connectivity index (χ3n) is 3.80. The SMILES string of the molecule is S=c1nc2c(n[nH]1)c1ccccc1n2CC1CCCO1. The number of aromatic nitrogens is 4. The van der Waals surface area contributed by atoms with Crippen LogP contribution in [0.5, 0.6) is 0 Å². The highest BCUT2D eigenvalue weighted by Crippen LogP contribution is 2.27. The van der Waals surface area contributed by atoms with Gasteiger partial charge in [0.1, 0.15) is 5.52 Å². The molecule has 1 aliphatic rings. The van der Waals surface area contributed by atoms with Crippen LogP contribution in [0.15, 0.2) is 24.3 Å². The van der Waals surface area contributed by atoms with Gasteiger partial charge in [-0.2, -0.15) is 10.1 Å². The Kier molecular flexibility index (Phi) is 2.78. The van der Waals surface area contributed by atoms with Crippen molar-refractivity contribution in [2.45, 2.75) is 25.5 Å². The van der Waals surface area contributed by atoms with Gasteiger partial charge in [0.15, 0.2) is 5.65 Å². The minimum Gasteiger partial charge on any atom is -0.376 e. The smallest absolute Gasteiger partial charge is 0.215 e. The molecule has 0 amide bonds. The Morgan fingerprint density at radius 2 is 2.30 bits per heavy atom. The van der Waals surface area contributed by atoms with Crippen molar-refractivity contribution in [2.75, 3.05) is 6.61 Å². The van der Waals surface area contributed by atoms with Crippen LogP contribution < -0.4 is 0 Å². The number of ether oxygens (including phenoxy) is 1. The Balaban J connectivity index is 1.98. The van der Waals surface area contributed by atoms with Gasteiger partial charge in [0.05, 0.1) is 18.2 Å².